The van der Waals surface area contributed by atoms with Crippen LogP contribution in [0.5, 0.6) is 0 Å². The molecule has 0 aromatic heterocycles. The molecule has 0 saturated carbocycles. The maximum atomic E-state index is 11.4. The summed E-state index contributed by atoms with van der Waals surface area (Å²) >= 11 is 0. The standard InChI is InChI=1S/C11H22N2O2S.ClH/c1-13(8-10-3-2-5-12-7-10)11-4-6-16(14,15)9-11;/h10-12H,2-9H2,1H3;1H. The molecule has 2 saturated heterocycles. The number of hydrogen-bond donors (Lipinski definition) is 1. The van der Waals surface area contributed by atoms with E-state index in [0.29, 0.717) is 17.4 Å². The number of hydrogen-bond acceptors (Lipinski definition) is 4. The van der Waals surface area contributed by atoms with E-state index in [1.54, 1.807) is 0 Å². The van der Waals surface area contributed by atoms with E-state index in [-0.39, 0.29) is 18.4 Å². The van der Waals surface area contributed by atoms with Crippen LogP contribution in [-0.2, 0) is 9.84 Å². The lowest BCUT2D eigenvalue weighted by molar-refractivity contribution is 0.201. The Morgan fingerprint density at radius 3 is 2.65 bits per heavy atom. The van der Waals surface area contributed by atoms with Crippen molar-refractivity contribution < 1.29 is 8.42 Å². The third-order valence-electron chi connectivity index (χ3n) is 3.78. The summed E-state index contributed by atoms with van der Waals surface area (Å²) in [5, 5.41) is 3.40. The van der Waals surface area contributed by atoms with E-state index < -0.39 is 9.84 Å². The predicted molar refractivity (Wildman–Crippen MR) is 72.5 cm³/mol. The predicted octanol–water partition coefficient (Wildman–Crippen LogP) is 0.527. The summed E-state index contributed by atoms with van der Waals surface area (Å²) in [5.41, 5.74) is 0. The van der Waals surface area contributed by atoms with Crippen molar-refractivity contribution in [3.05, 3.63) is 0 Å². The van der Waals surface area contributed by atoms with E-state index in [9.17, 15) is 8.42 Å². The lowest BCUT2D eigenvalue weighted by Crippen LogP contribution is -2.41. The zero-order chi connectivity index (χ0) is 11.6. The summed E-state index contributed by atoms with van der Waals surface area (Å²) in [7, 11) is -0.669. The molecule has 0 aliphatic carbocycles. The topological polar surface area (TPSA) is 49.4 Å². The zero-order valence-corrected chi connectivity index (χ0v) is 12.0. The summed E-state index contributed by atoms with van der Waals surface area (Å²) in [6.07, 6.45) is 3.34. The molecule has 0 aromatic carbocycles. The Morgan fingerprint density at radius 2 is 2.12 bits per heavy atom. The fourth-order valence-electron chi connectivity index (χ4n) is 2.76. The van der Waals surface area contributed by atoms with Crippen molar-refractivity contribution in [1.29, 1.82) is 0 Å². The van der Waals surface area contributed by atoms with Gasteiger partial charge in [0.15, 0.2) is 9.84 Å². The monoisotopic (exact) mass is 282 g/mol. The van der Waals surface area contributed by atoms with Gasteiger partial charge in [-0.25, -0.2) is 8.42 Å². The molecule has 0 bridgehead atoms. The van der Waals surface area contributed by atoms with Crippen LogP contribution < -0.4 is 5.32 Å². The Bertz CT molecular complexity index is 328. The van der Waals surface area contributed by atoms with Crippen LogP contribution in [0, 0.1) is 5.92 Å². The SMILES string of the molecule is CN(CC1CCCNC1)C1CCS(=O)(=O)C1.Cl. The van der Waals surface area contributed by atoms with E-state index >= 15 is 0 Å². The molecule has 2 aliphatic rings. The highest BCUT2D eigenvalue weighted by Crippen LogP contribution is 2.19. The second kappa shape index (κ2) is 6.36. The molecular formula is C11H23ClN2O2S. The first-order chi connectivity index (χ1) is 7.57. The van der Waals surface area contributed by atoms with Gasteiger partial charge in [-0.3, -0.25) is 0 Å². The van der Waals surface area contributed by atoms with Gasteiger partial charge in [-0.2, -0.15) is 0 Å². The highest BCUT2D eigenvalue weighted by atomic mass is 35.5. The highest BCUT2D eigenvalue weighted by molar-refractivity contribution is 7.91. The molecule has 0 aromatic rings. The van der Waals surface area contributed by atoms with Crippen LogP contribution in [0.1, 0.15) is 19.3 Å². The minimum absolute atomic E-state index is 0. The van der Waals surface area contributed by atoms with Crippen molar-refractivity contribution in [2.75, 3.05) is 38.2 Å². The molecule has 2 atom stereocenters. The molecule has 0 amide bonds. The normalized spacial score (nSPS) is 32.4. The summed E-state index contributed by atoms with van der Waals surface area (Å²) in [6, 6.07) is 0.256. The van der Waals surface area contributed by atoms with Gasteiger partial charge in [-0.1, -0.05) is 0 Å². The van der Waals surface area contributed by atoms with Gasteiger partial charge in [-0.15, -0.1) is 12.4 Å². The first-order valence-electron chi connectivity index (χ1n) is 6.18. The fourth-order valence-corrected chi connectivity index (χ4v) is 4.56. The molecule has 17 heavy (non-hydrogen) atoms. The van der Waals surface area contributed by atoms with Crippen LogP contribution in [0.3, 0.4) is 0 Å². The quantitative estimate of drug-likeness (QED) is 0.820. The first kappa shape index (κ1) is 15.2. The van der Waals surface area contributed by atoms with Gasteiger partial charge in [0.2, 0.25) is 0 Å². The summed E-state index contributed by atoms with van der Waals surface area (Å²) < 4.78 is 22.8. The molecule has 2 unspecified atom stereocenters. The second-order valence-corrected chi connectivity index (χ2v) is 7.44. The molecule has 2 heterocycles. The number of rotatable bonds is 3. The summed E-state index contributed by atoms with van der Waals surface area (Å²) in [6.45, 7) is 3.26. The Kier molecular flexibility index (Phi) is 5.70. The summed E-state index contributed by atoms with van der Waals surface area (Å²) in [4.78, 5) is 2.25. The molecule has 2 rings (SSSR count). The number of nitrogens with one attached hydrogen (secondary N) is 1. The molecule has 4 nitrogen and oxygen atoms in total. The van der Waals surface area contributed by atoms with E-state index in [1.165, 1.54) is 12.8 Å². The lowest BCUT2D eigenvalue weighted by Gasteiger charge is -2.30. The van der Waals surface area contributed by atoms with Crippen molar-refractivity contribution in [3.63, 3.8) is 0 Å². The summed E-state index contributed by atoms with van der Waals surface area (Å²) in [5.74, 6) is 1.44. The average Bonchev–Trinajstić information content (AvgIpc) is 2.60. The number of piperidine rings is 1. The van der Waals surface area contributed by atoms with Crippen molar-refractivity contribution in [3.8, 4) is 0 Å². The van der Waals surface area contributed by atoms with Crippen LogP contribution in [0.2, 0.25) is 0 Å². The minimum atomic E-state index is -2.74. The Morgan fingerprint density at radius 1 is 1.35 bits per heavy atom. The van der Waals surface area contributed by atoms with Gasteiger partial charge in [0.05, 0.1) is 11.5 Å². The zero-order valence-electron chi connectivity index (χ0n) is 10.4. The van der Waals surface area contributed by atoms with Gasteiger partial charge in [0.1, 0.15) is 0 Å². The van der Waals surface area contributed by atoms with Gasteiger partial charge < -0.3 is 10.2 Å². The van der Waals surface area contributed by atoms with Gasteiger partial charge in [0.25, 0.3) is 0 Å². The van der Waals surface area contributed by atoms with Crippen LogP contribution >= 0.6 is 12.4 Å². The van der Waals surface area contributed by atoms with Crippen LogP contribution in [0.25, 0.3) is 0 Å². The maximum Gasteiger partial charge on any atom is 0.151 e. The smallest absolute Gasteiger partial charge is 0.151 e. The molecule has 2 fully saturated rings. The molecule has 0 spiro atoms. The number of nitrogens with zero attached hydrogens (tertiary/aromatic N) is 1. The first-order valence-corrected chi connectivity index (χ1v) is 8.00. The van der Waals surface area contributed by atoms with E-state index in [1.807, 2.05) is 0 Å². The molecule has 2 aliphatic heterocycles. The Hall–Kier alpha value is 0.160. The van der Waals surface area contributed by atoms with E-state index in [4.69, 9.17) is 0 Å². The number of halogens is 1. The third kappa shape index (κ3) is 4.39. The molecular weight excluding hydrogens is 260 g/mol. The number of sulfone groups is 1. The molecule has 0 radical (unpaired) electrons. The van der Waals surface area contributed by atoms with Gasteiger partial charge in [-0.05, 0) is 45.3 Å². The van der Waals surface area contributed by atoms with Crippen molar-refractivity contribution in [2.24, 2.45) is 5.92 Å². The maximum absolute atomic E-state index is 11.4. The highest BCUT2D eigenvalue weighted by Gasteiger charge is 2.31. The van der Waals surface area contributed by atoms with Crippen LogP contribution in [0.4, 0.5) is 0 Å². The third-order valence-corrected chi connectivity index (χ3v) is 5.53. The Balaban J connectivity index is 0.00000144. The van der Waals surface area contributed by atoms with Crippen LogP contribution in [-0.4, -0.2) is 57.5 Å². The van der Waals surface area contributed by atoms with E-state index in [2.05, 4.69) is 17.3 Å². The van der Waals surface area contributed by atoms with Crippen molar-refractivity contribution >= 4 is 22.2 Å². The largest absolute Gasteiger partial charge is 0.316 e. The average molecular weight is 283 g/mol. The Labute approximate surface area is 110 Å². The van der Waals surface area contributed by atoms with Gasteiger partial charge in [0, 0.05) is 12.6 Å². The minimum Gasteiger partial charge on any atom is -0.316 e. The second-order valence-electron chi connectivity index (χ2n) is 5.21. The molecule has 1 N–H and O–H groups in total. The molecule has 6 heteroatoms. The lowest BCUT2D eigenvalue weighted by atomic mass is 9.98. The van der Waals surface area contributed by atoms with Crippen molar-refractivity contribution in [1.82, 2.24) is 10.2 Å². The van der Waals surface area contributed by atoms with E-state index in [0.717, 1.165) is 26.1 Å². The molecule has 102 valence electrons. The van der Waals surface area contributed by atoms with Crippen LogP contribution in [0.15, 0.2) is 0 Å². The van der Waals surface area contributed by atoms with Crippen molar-refractivity contribution in [2.45, 2.75) is 25.3 Å². The fraction of sp³-hybridized carbons (Fsp3) is 1.00. The van der Waals surface area contributed by atoms with Gasteiger partial charge >= 0.3 is 0 Å².